The van der Waals surface area contributed by atoms with Crippen LogP contribution in [0, 0.1) is 0 Å². The zero-order valence-electron chi connectivity index (χ0n) is 14.2. The van der Waals surface area contributed by atoms with E-state index in [4.69, 9.17) is 9.47 Å². The van der Waals surface area contributed by atoms with Crippen molar-refractivity contribution in [1.29, 1.82) is 0 Å². The Morgan fingerprint density at radius 2 is 1.86 bits per heavy atom. The van der Waals surface area contributed by atoms with Crippen molar-refractivity contribution < 1.29 is 14.3 Å². The summed E-state index contributed by atoms with van der Waals surface area (Å²) in [4.78, 5) is 11.8. The quantitative estimate of drug-likeness (QED) is 0.816. The number of rotatable bonds is 5. The van der Waals surface area contributed by atoms with Crippen molar-refractivity contribution in [2.24, 2.45) is 0 Å². The standard InChI is InChI=1S/C17H26BrNO3/c1-7-12-8-9-14(13(18)10-12)21-11-17(5,6)19-15(20)22-16(2,3)4/h8-10H,7,11H2,1-6H3,(H,19,20). The molecule has 1 aromatic carbocycles. The molecular formula is C17H26BrNO3. The summed E-state index contributed by atoms with van der Waals surface area (Å²) in [7, 11) is 0. The maximum atomic E-state index is 11.8. The normalized spacial score (nSPS) is 12.0. The lowest BCUT2D eigenvalue weighted by Crippen LogP contribution is -2.49. The Morgan fingerprint density at radius 1 is 1.23 bits per heavy atom. The Morgan fingerprint density at radius 3 is 2.36 bits per heavy atom. The van der Waals surface area contributed by atoms with Crippen LogP contribution in [0.25, 0.3) is 0 Å². The number of halogens is 1. The Balaban J connectivity index is 2.60. The highest BCUT2D eigenvalue weighted by molar-refractivity contribution is 9.10. The molecule has 1 aromatic rings. The number of aryl methyl sites for hydroxylation is 1. The molecule has 0 radical (unpaired) electrons. The van der Waals surface area contributed by atoms with Gasteiger partial charge in [0, 0.05) is 0 Å². The average Bonchev–Trinajstić information content (AvgIpc) is 2.34. The third-order valence-electron chi connectivity index (χ3n) is 2.83. The predicted octanol–water partition coefficient (Wildman–Crippen LogP) is 4.69. The lowest BCUT2D eigenvalue weighted by atomic mass is 10.1. The molecule has 1 N–H and O–H groups in total. The second-order valence-electron chi connectivity index (χ2n) is 6.92. The molecule has 0 spiro atoms. The van der Waals surface area contributed by atoms with Crippen LogP contribution in [0.3, 0.4) is 0 Å². The highest BCUT2D eigenvalue weighted by atomic mass is 79.9. The second kappa shape index (κ2) is 7.36. The third kappa shape index (κ3) is 6.69. The van der Waals surface area contributed by atoms with E-state index in [0.717, 1.165) is 16.6 Å². The van der Waals surface area contributed by atoms with Crippen molar-refractivity contribution in [3.8, 4) is 5.75 Å². The second-order valence-corrected chi connectivity index (χ2v) is 7.77. The summed E-state index contributed by atoms with van der Waals surface area (Å²) in [5.41, 5.74) is 0.191. The summed E-state index contributed by atoms with van der Waals surface area (Å²) >= 11 is 3.51. The van der Waals surface area contributed by atoms with Crippen LogP contribution < -0.4 is 10.1 Å². The molecule has 0 bridgehead atoms. The Kier molecular flexibility index (Phi) is 6.29. The molecule has 0 heterocycles. The Bertz CT molecular complexity index is 521. The number of carbonyl (C=O) groups is 1. The van der Waals surface area contributed by atoms with Gasteiger partial charge in [-0.25, -0.2) is 4.79 Å². The molecule has 0 fully saturated rings. The summed E-state index contributed by atoms with van der Waals surface area (Å²) in [5, 5.41) is 2.82. The molecular weight excluding hydrogens is 346 g/mol. The summed E-state index contributed by atoms with van der Waals surface area (Å²) in [6, 6.07) is 6.02. The van der Waals surface area contributed by atoms with E-state index in [-0.39, 0.29) is 0 Å². The van der Waals surface area contributed by atoms with Gasteiger partial charge in [0.05, 0.1) is 10.0 Å². The van der Waals surface area contributed by atoms with Gasteiger partial charge in [0.2, 0.25) is 0 Å². The highest BCUT2D eigenvalue weighted by Gasteiger charge is 2.25. The molecule has 0 saturated carbocycles. The van der Waals surface area contributed by atoms with Crippen molar-refractivity contribution in [2.75, 3.05) is 6.61 Å². The predicted molar refractivity (Wildman–Crippen MR) is 92.5 cm³/mol. The number of benzene rings is 1. The first-order valence-corrected chi connectivity index (χ1v) is 8.24. The fraction of sp³-hybridized carbons (Fsp3) is 0.588. The van der Waals surface area contributed by atoms with Gasteiger partial charge in [0.25, 0.3) is 0 Å². The lowest BCUT2D eigenvalue weighted by molar-refractivity contribution is 0.0441. The molecule has 1 amide bonds. The average molecular weight is 372 g/mol. The van der Waals surface area contributed by atoms with E-state index in [0.29, 0.717) is 6.61 Å². The molecule has 1 rings (SSSR count). The number of hydrogen-bond acceptors (Lipinski definition) is 3. The maximum absolute atomic E-state index is 11.8. The van der Waals surface area contributed by atoms with Crippen LogP contribution in [0.2, 0.25) is 0 Å². The minimum atomic E-state index is -0.537. The van der Waals surface area contributed by atoms with Crippen LogP contribution in [-0.2, 0) is 11.2 Å². The van der Waals surface area contributed by atoms with Gasteiger partial charge in [0.15, 0.2) is 0 Å². The van der Waals surface area contributed by atoms with Crippen LogP contribution in [0.5, 0.6) is 5.75 Å². The minimum Gasteiger partial charge on any atom is -0.490 e. The maximum Gasteiger partial charge on any atom is 0.408 e. The van der Waals surface area contributed by atoms with Crippen molar-refractivity contribution in [2.45, 2.75) is 59.1 Å². The van der Waals surface area contributed by atoms with E-state index in [9.17, 15) is 4.79 Å². The molecule has 0 unspecified atom stereocenters. The molecule has 5 heteroatoms. The van der Waals surface area contributed by atoms with Gasteiger partial charge in [-0.3, -0.25) is 0 Å². The molecule has 0 saturated heterocycles. The van der Waals surface area contributed by atoms with Gasteiger partial charge in [-0.1, -0.05) is 13.0 Å². The van der Waals surface area contributed by atoms with Crippen molar-refractivity contribution in [1.82, 2.24) is 5.32 Å². The lowest BCUT2D eigenvalue weighted by Gasteiger charge is -2.28. The number of ether oxygens (including phenoxy) is 2. The molecule has 124 valence electrons. The van der Waals surface area contributed by atoms with E-state index >= 15 is 0 Å². The summed E-state index contributed by atoms with van der Waals surface area (Å²) in [5.74, 6) is 0.760. The fourth-order valence-electron chi connectivity index (χ4n) is 1.76. The smallest absolute Gasteiger partial charge is 0.408 e. The topological polar surface area (TPSA) is 47.6 Å². The van der Waals surface area contributed by atoms with Crippen molar-refractivity contribution in [3.05, 3.63) is 28.2 Å². The minimum absolute atomic E-state index is 0.344. The number of alkyl carbamates (subject to hydrolysis) is 1. The van der Waals surface area contributed by atoms with Crippen LogP contribution in [0.1, 0.15) is 47.1 Å². The molecule has 22 heavy (non-hydrogen) atoms. The molecule has 0 aromatic heterocycles. The van der Waals surface area contributed by atoms with Gasteiger partial charge in [-0.05, 0) is 74.7 Å². The summed E-state index contributed by atoms with van der Waals surface area (Å²) < 4.78 is 12.0. The first-order valence-electron chi connectivity index (χ1n) is 7.45. The number of nitrogens with one attached hydrogen (secondary N) is 1. The Labute approximate surface area is 141 Å². The van der Waals surface area contributed by atoms with E-state index in [1.807, 2.05) is 52.8 Å². The summed E-state index contributed by atoms with van der Waals surface area (Å²) in [6.45, 7) is 11.7. The van der Waals surface area contributed by atoms with Gasteiger partial charge in [0.1, 0.15) is 18.0 Å². The fourth-order valence-corrected chi connectivity index (χ4v) is 2.30. The van der Waals surface area contributed by atoms with Crippen LogP contribution in [0.15, 0.2) is 22.7 Å². The van der Waals surface area contributed by atoms with E-state index < -0.39 is 17.2 Å². The van der Waals surface area contributed by atoms with Gasteiger partial charge in [-0.2, -0.15) is 0 Å². The van der Waals surface area contributed by atoms with E-state index in [1.165, 1.54) is 5.56 Å². The van der Waals surface area contributed by atoms with Gasteiger partial charge >= 0.3 is 6.09 Å². The molecule has 0 aliphatic carbocycles. The third-order valence-corrected chi connectivity index (χ3v) is 3.45. The van der Waals surface area contributed by atoms with Crippen LogP contribution in [0.4, 0.5) is 4.79 Å². The molecule has 0 aliphatic rings. The molecule has 0 aliphatic heterocycles. The van der Waals surface area contributed by atoms with Crippen molar-refractivity contribution >= 4 is 22.0 Å². The number of amides is 1. The SMILES string of the molecule is CCc1ccc(OCC(C)(C)NC(=O)OC(C)(C)C)c(Br)c1. The van der Waals surface area contributed by atoms with Crippen LogP contribution >= 0.6 is 15.9 Å². The molecule has 4 nitrogen and oxygen atoms in total. The van der Waals surface area contributed by atoms with Gasteiger partial charge < -0.3 is 14.8 Å². The highest BCUT2D eigenvalue weighted by Crippen LogP contribution is 2.27. The van der Waals surface area contributed by atoms with Crippen LogP contribution in [-0.4, -0.2) is 23.8 Å². The zero-order chi connectivity index (χ0) is 17.0. The number of carbonyl (C=O) groups excluding carboxylic acids is 1. The van der Waals surface area contributed by atoms with Gasteiger partial charge in [-0.15, -0.1) is 0 Å². The monoisotopic (exact) mass is 371 g/mol. The molecule has 0 atom stereocenters. The first kappa shape index (κ1) is 18.8. The summed E-state index contributed by atoms with van der Waals surface area (Å²) in [6.07, 6.45) is 0.534. The zero-order valence-corrected chi connectivity index (χ0v) is 15.8. The van der Waals surface area contributed by atoms with E-state index in [2.05, 4.69) is 28.2 Å². The van der Waals surface area contributed by atoms with Crippen molar-refractivity contribution in [3.63, 3.8) is 0 Å². The Hall–Kier alpha value is -1.23. The largest absolute Gasteiger partial charge is 0.490 e. The first-order chi connectivity index (χ1) is 10.0. The van der Waals surface area contributed by atoms with E-state index in [1.54, 1.807) is 0 Å². The number of hydrogen-bond donors (Lipinski definition) is 1.